The minimum atomic E-state index is -1.08. The molecule has 5 nitrogen and oxygen atoms in total. The largest absolute Gasteiger partial charge is 0.480 e. The molecule has 0 aliphatic rings. The third kappa shape index (κ3) is 3.90. The van der Waals surface area contributed by atoms with Crippen molar-refractivity contribution in [3.05, 3.63) is 28.6 Å². The van der Waals surface area contributed by atoms with Crippen LogP contribution in [0.15, 0.2) is 27.3 Å². The van der Waals surface area contributed by atoms with E-state index in [-0.39, 0.29) is 0 Å². The molecule has 0 radical (unpaired) electrons. The fourth-order valence-corrected chi connectivity index (χ4v) is 1.22. The first-order chi connectivity index (χ1) is 7.49. The molecule has 1 rings (SSSR count). The lowest BCUT2D eigenvalue weighted by Gasteiger charge is -2.05. The number of nitrogens with one attached hydrogen (secondary N) is 1. The van der Waals surface area contributed by atoms with Crippen molar-refractivity contribution in [1.29, 1.82) is 0 Å². The van der Waals surface area contributed by atoms with Crippen LogP contribution in [0.5, 0.6) is 0 Å². The molecule has 0 bridgehead atoms. The van der Waals surface area contributed by atoms with E-state index in [9.17, 15) is 9.59 Å². The van der Waals surface area contributed by atoms with Crippen molar-refractivity contribution in [1.82, 2.24) is 5.32 Å². The molecule has 1 unspecified atom stereocenters. The van der Waals surface area contributed by atoms with Gasteiger partial charge in [-0.25, -0.2) is 0 Å². The normalized spacial score (nSPS) is 12.6. The van der Waals surface area contributed by atoms with Crippen LogP contribution in [-0.4, -0.2) is 23.0 Å². The van der Waals surface area contributed by atoms with Gasteiger partial charge in [0.15, 0.2) is 4.67 Å². The predicted octanol–water partition coefficient (Wildman–Crippen LogP) is 1.64. The van der Waals surface area contributed by atoms with E-state index in [1.165, 1.54) is 19.1 Å². The Morgan fingerprint density at radius 2 is 2.25 bits per heavy atom. The summed E-state index contributed by atoms with van der Waals surface area (Å²) in [5.74, 6) is -1.06. The van der Waals surface area contributed by atoms with E-state index in [4.69, 9.17) is 9.52 Å². The maximum Gasteiger partial charge on any atom is 0.325 e. The molecule has 1 atom stereocenters. The molecule has 0 saturated heterocycles. The zero-order valence-electron chi connectivity index (χ0n) is 8.44. The number of carboxylic acid groups (broad SMARTS) is 1. The summed E-state index contributed by atoms with van der Waals surface area (Å²) in [6.45, 7) is 1.39. The van der Waals surface area contributed by atoms with Gasteiger partial charge in [0.2, 0.25) is 5.91 Å². The third-order valence-electron chi connectivity index (χ3n) is 1.72. The van der Waals surface area contributed by atoms with Gasteiger partial charge in [-0.15, -0.1) is 0 Å². The highest BCUT2D eigenvalue weighted by molar-refractivity contribution is 9.10. The van der Waals surface area contributed by atoms with Crippen LogP contribution in [0.4, 0.5) is 0 Å². The highest BCUT2D eigenvalue weighted by atomic mass is 79.9. The Bertz CT molecular complexity index is 424. The van der Waals surface area contributed by atoms with Gasteiger partial charge < -0.3 is 14.8 Å². The summed E-state index contributed by atoms with van der Waals surface area (Å²) in [5.41, 5.74) is 0. The van der Waals surface area contributed by atoms with Gasteiger partial charge in [-0.1, -0.05) is 0 Å². The van der Waals surface area contributed by atoms with Gasteiger partial charge in [0.05, 0.1) is 0 Å². The second-order valence-corrected chi connectivity index (χ2v) is 3.83. The van der Waals surface area contributed by atoms with Crippen LogP contribution in [0.3, 0.4) is 0 Å². The first-order valence-corrected chi connectivity index (χ1v) is 5.25. The molecule has 0 saturated carbocycles. The van der Waals surface area contributed by atoms with Crippen molar-refractivity contribution in [2.45, 2.75) is 13.0 Å². The third-order valence-corrected chi connectivity index (χ3v) is 2.15. The minimum Gasteiger partial charge on any atom is -0.480 e. The Morgan fingerprint density at radius 3 is 2.75 bits per heavy atom. The second-order valence-electron chi connectivity index (χ2n) is 3.04. The Morgan fingerprint density at radius 1 is 1.56 bits per heavy atom. The van der Waals surface area contributed by atoms with Gasteiger partial charge in [-0.2, -0.15) is 0 Å². The van der Waals surface area contributed by atoms with Crippen molar-refractivity contribution in [3.63, 3.8) is 0 Å². The Balaban J connectivity index is 2.51. The first-order valence-electron chi connectivity index (χ1n) is 4.46. The smallest absolute Gasteiger partial charge is 0.325 e. The van der Waals surface area contributed by atoms with Crippen LogP contribution >= 0.6 is 15.9 Å². The highest BCUT2D eigenvalue weighted by Gasteiger charge is 2.11. The number of aliphatic carboxylic acids is 1. The number of amides is 1. The summed E-state index contributed by atoms with van der Waals surface area (Å²) in [7, 11) is 0. The molecule has 86 valence electrons. The van der Waals surface area contributed by atoms with E-state index in [1.54, 1.807) is 12.1 Å². The average molecular weight is 288 g/mol. The molecule has 1 aromatic rings. The summed E-state index contributed by atoms with van der Waals surface area (Å²) in [5, 5.41) is 10.8. The lowest BCUT2D eigenvalue weighted by molar-refractivity contribution is -0.140. The van der Waals surface area contributed by atoms with Crippen molar-refractivity contribution < 1.29 is 19.1 Å². The van der Waals surface area contributed by atoms with Gasteiger partial charge >= 0.3 is 5.97 Å². The predicted molar refractivity (Wildman–Crippen MR) is 60.7 cm³/mol. The number of rotatable bonds is 4. The van der Waals surface area contributed by atoms with Gasteiger partial charge in [-0.3, -0.25) is 9.59 Å². The van der Waals surface area contributed by atoms with Crippen LogP contribution in [0.2, 0.25) is 0 Å². The van der Waals surface area contributed by atoms with E-state index in [2.05, 4.69) is 21.2 Å². The topological polar surface area (TPSA) is 79.5 Å². The zero-order valence-corrected chi connectivity index (χ0v) is 10.0. The molecular formula is C10H10BrNO4. The number of hydrogen-bond acceptors (Lipinski definition) is 3. The van der Waals surface area contributed by atoms with Crippen molar-refractivity contribution >= 4 is 33.9 Å². The monoisotopic (exact) mass is 287 g/mol. The van der Waals surface area contributed by atoms with E-state index < -0.39 is 17.9 Å². The molecule has 2 N–H and O–H groups in total. The zero-order chi connectivity index (χ0) is 12.1. The number of carboxylic acids is 1. The Labute approximate surface area is 100 Å². The van der Waals surface area contributed by atoms with Gasteiger partial charge in [-0.05, 0) is 41.1 Å². The van der Waals surface area contributed by atoms with E-state index >= 15 is 0 Å². The molecule has 0 fully saturated rings. The van der Waals surface area contributed by atoms with E-state index in [0.717, 1.165) is 0 Å². The summed E-state index contributed by atoms with van der Waals surface area (Å²) in [6, 6.07) is 2.45. The standard InChI is InChI=1S/C10H10BrNO4/c1-6(10(14)15)12-9(13)5-3-7-2-4-8(11)16-7/h2-6H,1H3,(H,12,13)(H,14,15)/b5-3+. The maximum atomic E-state index is 11.2. The van der Waals surface area contributed by atoms with Crippen molar-refractivity contribution in [2.24, 2.45) is 0 Å². The van der Waals surface area contributed by atoms with Crippen LogP contribution < -0.4 is 5.32 Å². The molecule has 0 spiro atoms. The highest BCUT2D eigenvalue weighted by Crippen LogP contribution is 2.14. The van der Waals surface area contributed by atoms with Gasteiger partial charge in [0.1, 0.15) is 11.8 Å². The number of halogens is 1. The van der Waals surface area contributed by atoms with Crippen molar-refractivity contribution in [2.75, 3.05) is 0 Å². The quantitative estimate of drug-likeness (QED) is 0.825. The van der Waals surface area contributed by atoms with E-state index in [0.29, 0.717) is 10.4 Å². The molecule has 1 amide bonds. The number of carbonyl (C=O) groups is 2. The fraction of sp³-hybridized carbons (Fsp3) is 0.200. The van der Waals surface area contributed by atoms with E-state index in [1.807, 2.05) is 0 Å². The fourth-order valence-electron chi connectivity index (χ4n) is 0.899. The number of furan rings is 1. The van der Waals surface area contributed by atoms with Crippen LogP contribution in [0.25, 0.3) is 6.08 Å². The molecule has 1 heterocycles. The lowest BCUT2D eigenvalue weighted by Crippen LogP contribution is -2.37. The second kappa shape index (κ2) is 5.50. The number of hydrogen-bond donors (Lipinski definition) is 2. The van der Waals surface area contributed by atoms with Crippen LogP contribution in [-0.2, 0) is 9.59 Å². The molecule has 6 heteroatoms. The average Bonchev–Trinajstić information content (AvgIpc) is 2.61. The Hall–Kier alpha value is -1.56. The van der Waals surface area contributed by atoms with Crippen molar-refractivity contribution in [3.8, 4) is 0 Å². The minimum absolute atomic E-state index is 0.484. The van der Waals surface area contributed by atoms with Gasteiger partial charge in [0, 0.05) is 6.08 Å². The SMILES string of the molecule is CC(NC(=O)/C=C/c1ccc(Br)o1)C(=O)O. The number of carbonyl (C=O) groups excluding carboxylic acids is 1. The maximum absolute atomic E-state index is 11.2. The van der Waals surface area contributed by atoms with Gasteiger partial charge in [0.25, 0.3) is 0 Å². The summed E-state index contributed by atoms with van der Waals surface area (Å²) >= 11 is 3.12. The summed E-state index contributed by atoms with van der Waals surface area (Å²) in [6.07, 6.45) is 2.67. The molecule has 16 heavy (non-hydrogen) atoms. The van der Waals surface area contributed by atoms with Crippen LogP contribution in [0, 0.1) is 0 Å². The lowest BCUT2D eigenvalue weighted by atomic mass is 10.3. The van der Waals surface area contributed by atoms with Crippen LogP contribution in [0.1, 0.15) is 12.7 Å². The summed E-state index contributed by atoms with van der Waals surface area (Å²) < 4.78 is 5.68. The first kappa shape index (κ1) is 12.5. The molecule has 0 aliphatic heterocycles. The molecule has 1 aromatic heterocycles. The molecule has 0 aliphatic carbocycles. The molecule has 0 aromatic carbocycles. The molecular weight excluding hydrogens is 278 g/mol. The summed E-state index contributed by atoms with van der Waals surface area (Å²) in [4.78, 5) is 21.7. The Kier molecular flexibility index (Phi) is 4.30.